The van der Waals surface area contributed by atoms with Crippen LogP contribution in [0.25, 0.3) is 11.1 Å². The summed E-state index contributed by atoms with van der Waals surface area (Å²) in [5.74, 6) is -0.00910. The maximum Gasteiger partial charge on any atom is 0.305 e. The van der Waals surface area contributed by atoms with E-state index in [1.54, 1.807) is 10.9 Å². The predicted octanol–water partition coefficient (Wildman–Crippen LogP) is 2.81. The average Bonchev–Trinajstić information content (AvgIpc) is 2.84. The molecule has 0 aliphatic heterocycles. The molecule has 20 heavy (non-hydrogen) atoms. The lowest BCUT2D eigenvalue weighted by molar-refractivity contribution is -0.137. The molecule has 0 spiro atoms. The van der Waals surface area contributed by atoms with Crippen LogP contribution >= 0.6 is 0 Å². The van der Waals surface area contributed by atoms with Gasteiger partial charge in [-0.25, -0.2) is 0 Å². The minimum absolute atomic E-state index is 0.0671. The van der Waals surface area contributed by atoms with Crippen molar-refractivity contribution in [1.29, 1.82) is 0 Å². The summed E-state index contributed by atoms with van der Waals surface area (Å²) in [7, 11) is 0. The van der Waals surface area contributed by atoms with Crippen LogP contribution in [0.5, 0.6) is 5.75 Å². The summed E-state index contributed by atoms with van der Waals surface area (Å²) >= 11 is 0. The van der Waals surface area contributed by atoms with Gasteiger partial charge in [-0.05, 0) is 31.5 Å². The average molecular weight is 274 g/mol. The van der Waals surface area contributed by atoms with Crippen LogP contribution in [0.4, 0.5) is 0 Å². The molecule has 0 amide bonds. The highest BCUT2D eigenvalue weighted by Gasteiger charge is 2.05. The number of aryl methyl sites for hydroxylation is 1. The number of rotatable bonds is 6. The zero-order chi connectivity index (χ0) is 14.5. The number of carboxylic acids is 1. The second kappa shape index (κ2) is 6.23. The Morgan fingerprint density at radius 2 is 2.20 bits per heavy atom. The zero-order valence-corrected chi connectivity index (χ0v) is 11.6. The smallest absolute Gasteiger partial charge is 0.305 e. The largest absolute Gasteiger partial charge is 0.491 e. The zero-order valence-electron chi connectivity index (χ0n) is 11.6. The van der Waals surface area contributed by atoms with Crippen LogP contribution in [0.2, 0.25) is 0 Å². The van der Waals surface area contributed by atoms with Crippen LogP contribution in [-0.2, 0) is 11.3 Å². The van der Waals surface area contributed by atoms with Crippen LogP contribution in [0.3, 0.4) is 0 Å². The number of carbonyl (C=O) groups is 1. The molecule has 2 rings (SSSR count). The number of hydrogen-bond acceptors (Lipinski definition) is 3. The van der Waals surface area contributed by atoms with Crippen molar-refractivity contribution < 1.29 is 14.6 Å². The van der Waals surface area contributed by atoms with Gasteiger partial charge in [-0.15, -0.1) is 0 Å². The molecular formula is C15H18N2O3. The monoisotopic (exact) mass is 274 g/mol. The van der Waals surface area contributed by atoms with E-state index in [-0.39, 0.29) is 12.5 Å². The molecule has 5 heteroatoms. The van der Waals surface area contributed by atoms with Crippen molar-refractivity contribution in [3.63, 3.8) is 0 Å². The number of hydrogen-bond donors (Lipinski definition) is 1. The third-order valence-electron chi connectivity index (χ3n) is 2.73. The first kappa shape index (κ1) is 14.1. The molecule has 0 radical (unpaired) electrons. The molecule has 106 valence electrons. The van der Waals surface area contributed by atoms with Crippen LogP contribution in [0.15, 0.2) is 36.7 Å². The van der Waals surface area contributed by atoms with Gasteiger partial charge in [-0.3, -0.25) is 9.48 Å². The second-order valence-corrected chi connectivity index (χ2v) is 4.83. The molecule has 0 bridgehead atoms. The topological polar surface area (TPSA) is 64.4 Å². The Labute approximate surface area is 117 Å². The van der Waals surface area contributed by atoms with Gasteiger partial charge < -0.3 is 9.84 Å². The second-order valence-electron chi connectivity index (χ2n) is 4.83. The molecular weight excluding hydrogens is 256 g/mol. The van der Waals surface area contributed by atoms with Gasteiger partial charge in [0.15, 0.2) is 0 Å². The number of aromatic nitrogens is 2. The molecule has 0 unspecified atom stereocenters. The molecule has 0 aliphatic rings. The minimum Gasteiger partial charge on any atom is -0.491 e. The van der Waals surface area contributed by atoms with Crippen molar-refractivity contribution in [1.82, 2.24) is 9.78 Å². The predicted molar refractivity (Wildman–Crippen MR) is 75.7 cm³/mol. The molecule has 2 aromatic rings. The Kier molecular flexibility index (Phi) is 4.40. The molecule has 1 aromatic carbocycles. The van der Waals surface area contributed by atoms with E-state index < -0.39 is 5.97 Å². The van der Waals surface area contributed by atoms with Crippen molar-refractivity contribution in [3.8, 4) is 16.9 Å². The quantitative estimate of drug-likeness (QED) is 0.879. The normalized spacial score (nSPS) is 10.8. The number of aliphatic carboxylic acids is 1. The Morgan fingerprint density at radius 3 is 2.90 bits per heavy atom. The van der Waals surface area contributed by atoms with Crippen molar-refractivity contribution in [2.75, 3.05) is 0 Å². The molecule has 1 N–H and O–H groups in total. The summed E-state index contributed by atoms with van der Waals surface area (Å²) in [6.45, 7) is 4.34. The lowest BCUT2D eigenvalue weighted by Crippen LogP contribution is -2.05. The van der Waals surface area contributed by atoms with E-state index in [1.165, 1.54) is 0 Å². The highest BCUT2D eigenvalue weighted by Crippen LogP contribution is 2.24. The van der Waals surface area contributed by atoms with Gasteiger partial charge in [0, 0.05) is 11.8 Å². The summed E-state index contributed by atoms with van der Waals surface area (Å²) in [5, 5.41) is 12.8. The summed E-state index contributed by atoms with van der Waals surface area (Å²) in [5.41, 5.74) is 1.95. The molecule has 1 heterocycles. The van der Waals surface area contributed by atoms with E-state index in [4.69, 9.17) is 9.84 Å². The molecule has 0 aliphatic carbocycles. The van der Waals surface area contributed by atoms with Crippen LogP contribution < -0.4 is 4.74 Å². The fourth-order valence-electron chi connectivity index (χ4n) is 1.87. The number of nitrogens with zero attached hydrogens (tertiary/aromatic N) is 2. The van der Waals surface area contributed by atoms with Gasteiger partial charge in [0.2, 0.25) is 0 Å². The molecule has 0 saturated heterocycles. The Balaban J connectivity index is 2.13. The Morgan fingerprint density at radius 1 is 1.40 bits per heavy atom. The lowest BCUT2D eigenvalue weighted by Gasteiger charge is -2.10. The van der Waals surface area contributed by atoms with Gasteiger partial charge in [0.1, 0.15) is 5.75 Å². The van der Waals surface area contributed by atoms with Gasteiger partial charge in [0.05, 0.1) is 25.3 Å². The third-order valence-corrected chi connectivity index (χ3v) is 2.73. The van der Waals surface area contributed by atoms with Crippen molar-refractivity contribution in [2.24, 2.45) is 0 Å². The summed E-state index contributed by atoms with van der Waals surface area (Å²) in [6, 6.07) is 7.78. The first-order valence-corrected chi connectivity index (χ1v) is 6.56. The van der Waals surface area contributed by atoms with E-state index in [0.717, 1.165) is 16.9 Å². The van der Waals surface area contributed by atoms with Crippen LogP contribution in [-0.4, -0.2) is 27.0 Å². The third kappa shape index (κ3) is 3.85. The van der Waals surface area contributed by atoms with Gasteiger partial charge in [-0.2, -0.15) is 5.10 Å². The molecule has 1 aromatic heterocycles. The SMILES string of the molecule is CC(C)Oc1cccc(-c2cnn(CCC(=O)O)c2)c1. The van der Waals surface area contributed by atoms with Crippen LogP contribution in [0, 0.1) is 0 Å². The van der Waals surface area contributed by atoms with E-state index >= 15 is 0 Å². The lowest BCUT2D eigenvalue weighted by atomic mass is 10.1. The maximum atomic E-state index is 10.5. The number of ether oxygens (including phenoxy) is 1. The Bertz CT molecular complexity index is 590. The van der Waals surface area contributed by atoms with E-state index in [0.29, 0.717) is 6.54 Å². The maximum absolute atomic E-state index is 10.5. The van der Waals surface area contributed by atoms with Crippen molar-refractivity contribution >= 4 is 5.97 Å². The van der Waals surface area contributed by atoms with E-state index in [2.05, 4.69) is 5.10 Å². The van der Waals surface area contributed by atoms with Crippen molar-refractivity contribution in [2.45, 2.75) is 32.9 Å². The summed E-state index contributed by atoms with van der Waals surface area (Å²) in [4.78, 5) is 10.5. The Hall–Kier alpha value is -2.30. The molecule has 0 fully saturated rings. The standard InChI is InChI=1S/C15H18N2O3/c1-11(2)20-14-5-3-4-12(8-14)13-9-16-17(10-13)7-6-15(18)19/h3-5,8-11H,6-7H2,1-2H3,(H,18,19). The minimum atomic E-state index is -0.825. The van der Waals surface area contributed by atoms with Crippen LogP contribution in [0.1, 0.15) is 20.3 Å². The van der Waals surface area contributed by atoms with Gasteiger partial charge >= 0.3 is 5.97 Å². The van der Waals surface area contributed by atoms with Crippen molar-refractivity contribution in [3.05, 3.63) is 36.7 Å². The highest BCUT2D eigenvalue weighted by atomic mass is 16.5. The first-order chi connectivity index (χ1) is 9.54. The first-order valence-electron chi connectivity index (χ1n) is 6.56. The molecule has 0 saturated carbocycles. The fourth-order valence-corrected chi connectivity index (χ4v) is 1.87. The number of benzene rings is 1. The van der Waals surface area contributed by atoms with Gasteiger partial charge in [-0.1, -0.05) is 12.1 Å². The van der Waals surface area contributed by atoms with E-state index in [1.807, 2.05) is 44.3 Å². The summed E-state index contributed by atoms with van der Waals surface area (Å²) in [6.07, 6.45) is 3.77. The molecule has 5 nitrogen and oxygen atoms in total. The van der Waals surface area contributed by atoms with E-state index in [9.17, 15) is 4.79 Å². The highest BCUT2D eigenvalue weighted by molar-refractivity contribution is 5.66. The molecule has 0 atom stereocenters. The van der Waals surface area contributed by atoms with Gasteiger partial charge in [0.25, 0.3) is 0 Å². The summed E-state index contributed by atoms with van der Waals surface area (Å²) < 4.78 is 7.30. The number of carboxylic acid groups (broad SMARTS) is 1. The fraction of sp³-hybridized carbons (Fsp3) is 0.333.